The van der Waals surface area contributed by atoms with Crippen LogP contribution in [0.2, 0.25) is 0 Å². The maximum atomic E-state index is 5.32. The molecule has 0 bridgehead atoms. The van der Waals surface area contributed by atoms with Crippen LogP contribution in [0.1, 0.15) is 5.56 Å². The highest BCUT2D eigenvalue weighted by Gasteiger charge is 2.07. The van der Waals surface area contributed by atoms with Gasteiger partial charge in [-0.3, -0.25) is 0 Å². The van der Waals surface area contributed by atoms with E-state index in [9.17, 15) is 0 Å². The van der Waals surface area contributed by atoms with E-state index in [1.807, 2.05) is 36.4 Å². The summed E-state index contributed by atoms with van der Waals surface area (Å²) in [5.74, 6) is 0. The van der Waals surface area contributed by atoms with Crippen LogP contribution >= 0.6 is 0 Å². The fourth-order valence-electron chi connectivity index (χ4n) is 2.23. The van der Waals surface area contributed by atoms with Gasteiger partial charge in [-0.2, -0.15) is 0 Å². The van der Waals surface area contributed by atoms with E-state index in [-0.39, 0.29) is 0 Å². The van der Waals surface area contributed by atoms with Gasteiger partial charge in [0.25, 0.3) is 0 Å². The number of nitrogens with zero attached hydrogens (tertiary/aromatic N) is 1. The maximum absolute atomic E-state index is 5.32. The first-order valence-electron chi connectivity index (χ1n) is 5.65. The minimum atomic E-state index is 0.615. The van der Waals surface area contributed by atoms with Crippen molar-refractivity contribution < 1.29 is 4.74 Å². The quantitative estimate of drug-likeness (QED) is 0.620. The van der Waals surface area contributed by atoms with E-state index in [0.717, 1.165) is 11.0 Å². The summed E-state index contributed by atoms with van der Waals surface area (Å²) in [6.45, 7) is 0.615. The third-order valence-electron chi connectivity index (χ3n) is 2.99. The van der Waals surface area contributed by atoms with Gasteiger partial charge >= 0.3 is 0 Å². The Morgan fingerprint density at radius 2 is 1.41 bits per heavy atom. The third-order valence-corrected chi connectivity index (χ3v) is 2.99. The molecule has 3 rings (SSSR count). The smallest absolute Gasteiger partial charge is 0.0726 e. The molecular weight excluding hydrogens is 210 g/mol. The van der Waals surface area contributed by atoms with Crippen LogP contribution in [0.4, 0.5) is 0 Å². The normalized spacial score (nSPS) is 11.1. The lowest BCUT2D eigenvalue weighted by Crippen LogP contribution is -1.94. The Morgan fingerprint density at radius 3 is 1.94 bits per heavy atom. The van der Waals surface area contributed by atoms with Gasteiger partial charge < -0.3 is 4.74 Å². The van der Waals surface area contributed by atoms with E-state index in [1.54, 1.807) is 7.11 Å². The molecule has 0 radical (unpaired) electrons. The number of methoxy groups -OCH3 is 1. The van der Waals surface area contributed by atoms with Crippen LogP contribution in [0.15, 0.2) is 48.5 Å². The van der Waals surface area contributed by atoms with E-state index < -0.39 is 0 Å². The number of hydrogen-bond donors (Lipinski definition) is 0. The second-order valence-corrected chi connectivity index (χ2v) is 4.06. The third kappa shape index (κ3) is 1.67. The zero-order valence-electron chi connectivity index (χ0n) is 9.68. The second-order valence-electron chi connectivity index (χ2n) is 4.06. The SMILES string of the molecule is COCc1c2ccccc2nc2ccccc12. The Bertz CT molecular complexity index is 622. The predicted octanol–water partition coefficient (Wildman–Crippen LogP) is 3.53. The zero-order valence-corrected chi connectivity index (χ0v) is 9.68. The summed E-state index contributed by atoms with van der Waals surface area (Å²) in [6.07, 6.45) is 0. The highest BCUT2D eigenvalue weighted by molar-refractivity contribution is 5.97. The van der Waals surface area contributed by atoms with E-state index in [1.165, 1.54) is 16.3 Å². The molecule has 17 heavy (non-hydrogen) atoms. The van der Waals surface area contributed by atoms with Crippen LogP contribution in [0.3, 0.4) is 0 Å². The Labute approximate surface area is 99.9 Å². The number of aromatic nitrogens is 1. The van der Waals surface area contributed by atoms with Gasteiger partial charge in [-0.15, -0.1) is 0 Å². The molecular formula is C15H13NO. The Morgan fingerprint density at radius 1 is 0.882 bits per heavy atom. The number of pyridine rings is 1. The molecule has 2 nitrogen and oxygen atoms in total. The average Bonchev–Trinajstić information content (AvgIpc) is 2.39. The molecule has 0 spiro atoms. The van der Waals surface area contributed by atoms with Gasteiger partial charge in [0.15, 0.2) is 0 Å². The van der Waals surface area contributed by atoms with Gasteiger partial charge in [-0.25, -0.2) is 4.98 Å². The monoisotopic (exact) mass is 223 g/mol. The Balaban J connectivity index is 2.47. The summed E-state index contributed by atoms with van der Waals surface area (Å²) < 4.78 is 5.32. The predicted molar refractivity (Wildman–Crippen MR) is 70.0 cm³/mol. The first kappa shape index (κ1) is 10.2. The fourth-order valence-corrected chi connectivity index (χ4v) is 2.23. The standard InChI is InChI=1S/C15H13NO/c1-17-10-13-11-6-2-4-8-14(11)16-15-9-5-3-7-12(13)15/h2-9H,10H2,1H3. The minimum Gasteiger partial charge on any atom is -0.380 e. The van der Waals surface area contributed by atoms with E-state index in [2.05, 4.69) is 17.1 Å². The molecule has 0 saturated carbocycles. The molecule has 0 unspecified atom stereocenters. The summed E-state index contributed by atoms with van der Waals surface area (Å²) >= 11 is 0. The van der Waals surface area contributed by atoms with Crippen molar-refractivity contribution in [1.29, 1.82) is 0 Å². The lowest BCUT2D eigenvalue weighted by Gasteiger charge is -2.09. The van der Waals surface area contributed by atoms with Crippen LogP contribution in [-0.2, 0) is 11.3 Å². The molecule has 2 heteroatoms. The van der Waals surface area contributed by atoms with Crippen molar-refractivity contribution in [3.05, 3.63) is 54.1 Å². The van der Waals surface area contributed by atoms with Gasteiger partial charge in [0.05, 0.1) is 17.6 Å². The number of hydrogen-bond acceptors (Lipinski definition) is 2. The summed E-state index contributed by atoms with van der Waals surface area (Å²) in [4.78, 5) is 4.67. The number of benzene rings is 2. The number of fused-ring (bicyclic) bond motifs is 2. The highest BCUT2D eigenvalue weighted by atomic mass is 16.5. The van der Waals surface area contributed by atoms with Crippen molar-refractivity contribution in [2.24, 2.45) is 0 Å². The molecule has 0 fully saturated rings. The Hall–Kier alpha value is -1.93. The molecule has 0 amide bonds. The van der Waals surface area contributed by atoms with Gasteiger partial charge in [0, 0.05) is 17.9 Å². The number of para-hydroxylation sites is 2. The lowest BCUT2D eigenvalue weighted by molar-refractivity contribution is 0.187. The summed E-state index contributed by atoms with van der Waals surface area (Å²) in [5, 5.41) is 2.35. The average molecular weight is 223 g/mol. The number of rotatable bonds is 2. The first-order valence-corrected chi connectivity index (χ1v) is 5.65. The minimum absolute atomic E-state index is 0.615. The maximum Gasteiger partial charge on any atom is 0.0726 e. The van der Waals surface area contributed by atoms with Crippen molar-refractivity contribution in [2.45, 2.75) is 6.61 Å². The van der Waals surface area contributed by atoms with Crippen molar-refractivity contribution in [2.75, 3.05) is 7.11 Å². The van der Waals surface area contributed by atoms with Crippen molar-refractivity contribution in [3.63, 3.8) is 0 Å². The molecule has 1 heterocycles. The van der Waals surface area contributed by atoms with Crippen LogP contribution in [0.5, 0.6) is 0 Å². The summed E-state index contributed by atoms with van der Waals surface area (Å²) in [7, 11) is 1.73. The molecule has 0 aliphatic rings. The largest absolute Gasteiger partial charge is 0.380 e. The van der Waals surface area contributed by atoms with Crippen molar-refractivity contribution in [1.82, 2.24) is 4.98 Å². The molecule has 0 N–H and O–H groups in total. The van der Waals surface area contributed by atoms with Crippen molar-refractivity contribution >= 4 is 21.8 Å². The Kier molecular flexibility index (Phi) is 2.50. The van der Waals surface area contributed by atoms with Crippen LogP contribution in [0.25, 0.3) is 21.8 Å². The molecule has 0 saturated heterocycles. The molecule has 0 aliphatic carbocycles. The van der Waals surface area contributed by atoms with Gasteiger partial charge in [0.1, 0.15) is 0 Å². The first-order chi connectivity index (χ1) is 8.40. The van der Waals surface area contributed by atoms with Crippen LogP contribution < -0.4 is 0 Å². The molecule has 3 aromatic rings. The van der Waals surface area contributed by atoms with Crippen LogP contribution in [-0.4, -0.2) is 12.1 Å². The summed E-state index contributed by atoms with van der Waals surface area (Å²) in [5.41, 5.74) is 3.27. The van der Waals surface area contributed by atoms with Crippen LogP contribution in [0, 0.1) is 0 Å². The van der Waals surface area contributed by atoms with Gasteiger partial charge in [-0.05, 0) is 17.7 Å². The molecule has 2 aromatic carbocycles. The second kappa shape index (κ2) is 4.15. The van der Waals surface area contributed by atoms with Crippen molar-refractivity contribution in [3.8, 4) is 0 Å². The van der Waals surface area contributed by atoms with E-state index in [0.29, 0.717) is 6.61 Å². The summed E-state index contributed by atoms with van der Waals surface area (Å²) in [6, 6.07) is 16.4. The molecule has 1 aromatic heterocycles. The van der Waals surface area contributed by atoms with E-state index >= 15 is 0 Å². The molecule has 84 valence electrons. The topological polar surface area (TPSA) is 22.1 Å². The highest BCUT2D eigenvalue weighted by Crippen LogP contribution is 2.26. The molecule has 0 aliphatic heterocycles. The van der Waals surface area contributed by atoms with Gasteiger partial charge in [0.2, 0.25) is 0 Å². The molecule has 0 atom stereocenters. The van der Waals surface area contributed by atoms with Gasteiger partial charge in [-0.1, -0.05) is 36.4 Å². The number of ether oxygens (including phenoxy) is 1. The fraction of sp³-hybridized carbons (Fsp3) is 0.133. The zero-order chi connectivity index (χ0) is 11.7. The lowest BCUT2D eigenvalue weighted by atomic mass is 10.0. The van der Waals surface area contributed by atoms with E-state index in [4.69, 9.17) is 4.74 Å².